The van der Waals surface area contributed by atoms with Crippen molar-refractivity contribution in [3.63, 3.8) is 0 Å². The molecule has 1 aromatic rings. The third kappa shape index (κ3) is 4.20. The fraction of sp³-hybridized carbons (Fsp3) is 0.500. The second-order valence-electron chi connectivity index (χ2n) is 4.67. The molecule has 7 nitrogen and oxygen atoms in total. The molecule has 0 saturated carbocycles. The van der Waals surface area contributed by atoms with E-state index in [9.17, 15) is 9.59 Å². The number of aromatic nitrogens is 2. The minimum atomic E-state index is -1.14. The number of rotatable bonds is 6. The lowest BCUT2D eigenvalue weighted by molar-refractivity contribution is -0.118. The Morgan fingerprint density at radius 1 is 1.42 bits per heavy atom. The summed E-state index contributed by atoms with van der Waals surface area (Å²) in [6, 6.07) is -0.288. The molecule has 0 fully saturated rings. The number of anilines is 1. The highest BCUT2D eigenvalue weighted by Crippen LogP contribution is 2.17. The predicted molar refractivity (Wildman–Crippen MR) is 70.0 cm³/mol. The number of nitrogens with zero attached hydrogens (tertiary/aromatic N) is 2. The van der Waals surface area contributed by atoms with E-state index in [1.807, 2.05) is 13.8 Å². The Bertz CT molecular complexity index is 488. The summed E-state index contributed by atoms with van der Waals surface area (Å²) in [5, 5.41) is 12.0. The van der Waals surface area contributed by atoms with Gasteiger partial charge in [0.2, 0.25) is 5.91 Å². The highest BCUT2D eigenvalue weighted by molar-refractivity contribution is 5.91. The van der Waals surface area contributed by atoms with Crippen molar-refractivity contribution in [1.29, 1.82) is 0 Å². The summed E-state index contributed by atoms with van der Waals surface area (Å²) >= 11 is 0. The highest BCUT2D eigenvalue weighted by atomic mass is 16.4. The van der Waals surface area contributed by atoms with Crippen LogP contribution in [0.2, 0.25) is 0 Å². The van der Waals surface area contributed by atoms with E-state index in [1.54, 1.807) is 6.92 Å². The molecule has 0 aliphatic carbocycles. The number of carbonyl (C=O) groups excluding carboxylic acids is 1. The Morgan fingerprint density at radius 2 is 2.05 bits per heavy atom. The molecular formula is C12H18N4O3. The third-order valence-corrected chi connectivity index (χ3v) is 2.44. The van der Waals surface area contributed by atoms with Crippen molar-refractivity contribution in [2.75, 3.05) is 5.32 Å². The number of primary amides is 1. The lowest BCUT2D eigenvalue weighted by Crippen LogP contribution is -2.25. The second kappa shape index (κ2) is 6.12. The zero-order chi connectivity index (χ0) is 14.6. The Labute approximate surface area is 111 Å². The molecule has 1 aromatic heterocycles. The number of aromatic carboxylic acids is 1. The van der Waals surface area contributed by atoms with Crippen LogP contribution in [0.5, 0.6) is 0 Å². The van der Waals surface area contributed by atoms with E-state index in [0.29, 0.717) is 5.82 Å². The van der Waals surface area contributed by atoms with E-state index in [-0.39, 0.29) is 29.8 Å². The molecule has 1 amide bonds. The van der Waals surface area contributed by atoms with Crippen molar-refractivity contribution >= 4 is 17.6 Å². The Kier molecular flexibility index (Phi) is 4.80. The number of amides is 1. The van der Waals surface area contributed by atoms with Crippen molar-refractivity contribution in [2.45, 2.75) is 39.2 Å². The van der Waals surface area contributed by atoms with E-state index in [2.05, 4.69) is 15.3 Å². The Morgan fingerprint density at radius 3 is 2.53 bits per heavy atom. The standard InChI is InChI=1S/C12H18N4O3/c1-6(2)11-14-5-8(10(16-11)12(18)19)15-7(3)4-9(13)17/h5-7,15H,4H2,1-3H3,(H2,13,17)(H,18,19). The van der Waals surface area contributed by atoms with Gasteiger partial charge in [0.1, 0.15) is 5.82 Å². The van der Waals surface area contributed by atoms with Crippen molar-refractivity contribution in [2.24, 2.45) is 5.73 Å². The smallest absolute Gasteiger partial charge is 0.356 e. The Balaban J connectivity index is 3.00. The molecule has 1 unspecified atom stereocenters. The van der Waals surface area contributed by atoms with Gasteiger partial charge < -0.3 is 16.2 Å². The van der Waals surface area contributed by atoms with Gasteiger partial charge in [0.15, 0.2) is 5.69 Å². The van der Waals surface area contributed by atoms with Crippen LogP contribution in [0.4, 0.5) is 5.69 Å². The number of carbonyl (C=O) groups is 2. The van der Waals surface area contributed by atoms with Crippen molar-refractivity contribution in [3.8, 4) is 0 Å². The summed E-state index contributed by atoms with van der Waals surface area (Å²) in [5.74, 6) is -1.10. The monoisotopic (exact) mass is 266 g/mol. The van der Waals surface area contributed by atoms with Crippen LogP contribution in [-0.4, -0.2) is 33.0 Å². The molecule has 104 valence electrons. The van der Waals surface area contributed by atoms with Gasteiger partial charge in [-0.15, -0.1) is 0 Å². The van der Waals surface area contributed by atoms with Gasteiger partial charge in [0, 0.05) is 18.4 Å². The summed E-state index contributed by atoms with van der Waals surface area (Å²) in [4.78, 5) is 30.1. The van der Waals surface area contributed by atoms with Gasteiger partial charge >= 0.3 is 5.97 Å². The molecule has 0 bridgehead atoms. The minimum absolute atomic E-state index is 0.0372. The van der Waals surface area contributed by atoms with E-state index >= 15 is 0 Å². The SMILES string of the molecule is CC(CC(N)=O)Nc1cnc(C(C)C)nc1C(=O)O. The zero-order valence-corrected chi connectivity index (χ0v) is 11.2. The van der Waals surface area contributed by atoms with E-state index < -0.39 is 11.9 Å². The maximum absolute atomic E-state index is 11.2. The molecule has 7 heteroatoms. The highest BCUT2D eigenvalue weighted by Gasteiger charge is 2.17. The first kappa shape index (κ1) is 14.9. The van der Waals surface area contributed by atoms with Gasteiger partial charge in [-0.2, -0.15) is 0 Å². The predicted octanol–water partition coefficient (Wildman–Crippen LogP) is 0.974. The quantitative estimate of drug-likeness (QED) is 0.706. The number of hydrogen-bond acceptors (Lipinski definition) is 5. The van der Waals surface area contributed by atoms with Gasteiger partial charge in [-0.1, -0.05) is 13.8 Å². The molecule has 0 saturated heterocycles. The summed E-state index contributed by atoms with van der Waals surface area (Å²) in [7, 11) is 0. The first-order valence-electron chi connectivity index (χ1n) is 5.96. The molecule has 19 heavy (non-hydrogen) atoms. The number of carboxylic acid groups (broad SMARTS) is 1. The number of nitrogens with two attached hydrogens (primary N) is 1. The van der Waals surface area contributed by atoms with Crippen molar-refractivity contribution in [3.05, 3.63) is 17.7 Å². The fourth-order valence-electron chi connectivity index (χ4n) is 1.56. The first-order chi connectivity index (χ1) is 8.81. The summed E-state index contributed by atoms with van der Waals surface area (Å²) in [6.07, 6.45) is 1.52. The van der Waals surface area contributed by atoms with Gasteiger partial charge in [0.25, 0.3) is 0 Å². The van der Waals surface area contributed by atoms with E-state index in [1.165, 1.54) is 6.20 Å². The molecule has 1 atom stereocenters. The van der Waals surface area contributed by atoms with Crippen molar-refractivity contribution < 1.29 is 14.7 Å². The van der Waals surface area contributed by atoms with Crippen LogP contribution in [0, 0.1) is 0 Å². The molecule has 1 heterocycles. The maximum Gasteiger partial charge on any atom is 0.356 e. The molecule has 4 N–H and O–H groups in total. The molecule has 0 spiro atoms. The minimum Gasteiger partial charge on any atom is -0.476 e. The zero-order valence-electron chi connectivity index (χ0n) is 11.2. The average Bonchev–Trinajstić information content (AvgIpc) is 2.27. The van der Waals surface area contributed by atoms with Crippen LogP contribution in [0.25, 0.3) is 0 Å². The van der Waals surface area contributed by atoms with Gasteiger partial charge in [-0.05, 0) is 6.92 Å². The topological polar surface area (TPSA) is 118 Å². The summed E-state index contributed by atoms with van der Waals surface area (Å²) in [5.41, 5.74) is 5.26. The third-order valence-electron chi connectivity index (χ3n) is 2.44. The number of nitrogens with one attached hydrogen (secondary N) is 1. The van der Waals surface area contributed by atoms with Crippen LogP contribution >= 0.6 is 0 Å². The molecular weight excluding hydrogens is 248 g/mol. The molecule has 0 aromatic carbocycles. The molecule has 0 aliphatic rings. The lowest BCUT2D eigenvalue weighted by Gasteiger charge is -2.15. The second-order valence-corrected chi connectivity index (χ2v) is 4.67. The Hall–Kier alpha value is -2.18. The molecule has 0 radical (unpaired) electrons. The molecule has 0 aliphatic heterocycles. The van der Waals surface area contributed by atoms with Crippen LogP contribution in [0.1, 0.15) is 49.4 Å². The van der Waals surface area contributed by atoms with Gasteiger partial charge in [-0.25, -0.2) is 14.8 Å². The summed E-state index contributed by atoms with van der Waals surface area (Å²) < 4.78 is 0. The lowest BCUT2D eigenvalue weighted by atomic mass is 10.2. The molecule has 1 rings (SSSR count). The fourth-order valence-corrected chi connectivity index (χ4v) is 1.56. The maximum atomic E-state index is 11.2. The van der Waals surface area contributed by atoms with Crippen LogP contribution in [0.3, 0.4) is 0 Å². The van der Waals surface area contributed by atoms with E-state index in [0.717, 1.165) is 0 Å². The van der Waals surface area contributed by atoms with Crippen LogP contribution in [0.15, 0.2) is 6.20 Å². The normalized spacial score (nSPS) is 12.2. The van der Waals surface area contributed by atoms with E-state index in [4.69, 9.17) is 10.8 Å². The number of hydrogen-bond donors (Lipinski definition) is 3. The van der Waals surface area contributed by atoms with Crippen LogP contribution in [-0.2, 0) is 4.79 Å². The largest absolute Gasteiger partial charge is 0.476 e. The van der Waals surface area contributed by atoms with Gasteiger partial charge in [-0.3, -0.25) is 4.79 Å². The van der Waals surface area contributed by atoms with Gasteiger partial charge in [0.05, 0.1) is 11.9 Å². The first-order valence-corrected chi connectivity index (χ1v) is 5.96. The summed E-state index contributed by atoms with van der Waals surface area (Å²) in [6.45, 7) is 5.49. The van der Waals surface area contributed by atoms with Crippen LogP contribution < -0.4 is 11.1 Å². The number of carboxylic acids is 1. The average molecular weight is 266 g/mol. The van der Waals surface area contributed by atoms with Crippen molar-refractivity contribution in [1.82, 2.24) is 9.97 Å².